The Balaban J connectivity index is 1.55. The first-order valence-electron chi connectivity index (χ1n) is 11.5. The van der Waals surface area contributed by atoms with E-state index in [-0.39, 0.29) is 23.4 Å². The molecule has 3 aromatic rings. The van der Waals surface area contributed by atoms with Crippen molar-refractivity contribution < 1.29 is 4.79 Å². The highest BCUT2D eigenvalue weighted by atomic mass is 35.5. The Morgan fingerprint density at radius 1 is 1.21 bits per heavy atom. The molecule has 8 heteroatoms. The minimum absolute atomic E-state index is 0.0201. The van der Waals surface area contributed by atoms with E-state index in [2.05, 4.69) is 15.2 Å². The Kier molecular flexibility index (Phi) is 7.40. The summed E-state index contributed by atoms with van der Waals surface area (Å²) in [5.41, 5.74) is 1.81. The minimum Gasteiger partial charge on any atom is -0.355 e. The topological polar surface area (TPSA) is 80.1 Å². The van der Waals surface area contributed by atoms with Crippen molar-refractivity contribution in [3.8, 4) is 0 Å². The summed E-state index contributed by atoms with van der Waals surface area (Å²) in [5.74, 6) is 0.0481. The van der Waals surface area contributed by atoms with Crippen molar-refractivity contribution in [2.75, 3.05) is 19.6 Å². The Hall–Kier alpha value is -2.77. The van der Waals surface area contributed by atoms with Gasteiger partial charge < -0.3 is 5.32 Å². The van der Waals surface area contributed by atoms with Crippen molar-refractivity contribution in [2.24, 2.45) is 5.92 Å². The van der Waals surface area contributed by atoms with Crippen LogP contribution >= 0.6 is 11.6 Å². The second-order valence-electron chi connectivity index (χ2n) is 8.94. The average molecular weight is 468 g/mol. The quantitative estimate of drug-likeness (QED) is 0.550. The van der Waals surface area contributed by atoms with Gasteiger partial charge in [0.25, 0.3) is 5.56 Å². The molecule has 0 saturated carbocycles. The van der Waals surface area contributed by atoms with Gasteiger partial charge in [-0.2, -0.15) is 5.10 Å². The van der Waals surface area contributed by atoms with E-state index in [1.165, 1.54) is 0 Å². The molecule has 174 valence electrons. The first kappa shape index (κ1) is 23.4. The van der Waals surface area contributed by atoms with Gasteiger partial charge in [0.15, 0.2) is 0 Å². The molecular weight excluding hydrogens is 438 g/mol. The molecule has 0 radical (unpaired) electrons. The molecule has 4 rings (SSSR count). The zero-order chi connectivity index (χ0) is 23.4. The van der Waals surface area contributed by atoms with Crippen LogP contribution in [0.1, 0.15) is 37.9 Å². The molecule has 7 nitrogen and oxygen atoms in total. The molecule has 1 aliphatic rings. The molecule has 1 fully saturated rings. The maximum absolute atomic E-state index is 13.2. The molecule has 3 heterocycles. The van der Waals surface area contributed by atoms with E-state index in [0.717, 1.165) is 42.6 Å². The Labute approximate surface area is 198 Å². The number of nitrogens with zero attached hydrogens (tertiary/aromatic N) is 4. The van der Waals surface area contributed by atoms with Crippen LogP contribution in [-0.2, 0) is 17.8 Å². The zero-order valence-corrected chi connectivity index (χ0v) is 19.9. The molecule has 1 unspecified atom stereocenters. The summed E-state index contributed by atoms with van der Waals surface area (Å²) < 4.78 is 1.61. The van der Waals surface area contributed by atoms with Gasteiger partial charge in [-0.15, -0.1) is 0 Å². The number of nitrogens with one attached hydrogen (secondary N) is 1. The average Bonchev–Trinajstić information content (AvgIpc) is 3.25. The maximum atomic E-state index is 13.2. The van der Waals surface area contributed by atoms with Crippen LogP contribution in [0.25, 0.3) is 10.8 Å². The fourth-order valence-electron chi connectivity index (χ4n) is 4.37. The third kappa shape index (κ3) is 5.60. The van der Waals surface area contributed by atoms with Crippen LogP contribution in [0.4, 0.5) is 0 Å². The molecule has 1 amide bonds. The number of aromatic nitrogens is 3. The number of carbonyl (C=O) groups is 1. The van der Waals surface area contributed by atoms with Gasteiger partial charge in [0.2, 0.25) is 5.91 Å². The van der Waals surface area contributed by atoms with Gasteiger partial charge >= 0.3 is 0 Å². The van der Waals surface area contributed by atoms with Crippen LogP contribution in [0.5, 0.6) is 0 Å². The van der Waals surface area contributed by atoms with Crippen LogP contribution in [0.2, 0.25) is 5.02 Å². The Bertz CT molecular complexity index is 1180. The molecule has 1 saturated heterocycles. The highest BCUT2D eigenvalue weighted by molar-refractivity contribution is 6.30. The van der Waals surface area contributed by atoms with Gasteiger partial charge in [-0.05, 0) is 43.1 Å². The van der Waals surface area contributed by atoms with E-state index in [1.807, 2.05) is 38.1 Å². The van der Waals surface area contributed by atoms with Crippen molar-refractivity contribution in [1.82, 2.24) is 25.0 Å². The van der Waals surface area contributed by atoms with Crippen LogP contribution in [-0.4, -0.2) is 51.2 Å². The van der Waals surface area contributed by atoms with E-state index >= 15 is 0 Å². The molecule has 0 bridgehead atoms. The van der Waals surface area contributed by atoms with Gasteiger partial charge in [-0.3, -0.25) is 19.5 Å². The third-order valence-corrected chi connectivity index (χ3v) is 6.48. The predicted molar refractivity (Wildman–Crippen MR) is 130 cm³/mol. The lowest BCUT2D eigenvalue weighted by Gasteiger charge is -2.25. The summed E-state index contributed by atoms with van der Waals surface area (Å²) in [7, 11) is 0. The highest BCUT2D eigenvalue weighted by Crippen LogP contribution is 2.20. The standard InChI is InChI=1S/C25H30ClN5O2/c1-17(2)24(32)28-11-13-30-12-3-4-20(30)16-31-25(33)21-9-10-27-15-22(21)23(29-31)14-18-5-7-19(26)8-6-18/h5-10,15,17,20H,3-4,11-14,16H2,1-2H3,(H,28,32). The molecule has 2 aromatic heterocycles. The second-order valence-corrected chi connectivity index (χ2v) is 9.37. The maximum Gasteiger partial charge on any atom is 0.274 e. The molecule has 0 spiro atoms. The monoisotopic (exact) mass is 467 g/mol. The minimum atomic E-state index is -0.0905. The lowest BCUT2D eigenvalue weighted by Crippen LogP contribution is -2.42. The number of halogens is 1. The zero-order valence-electron chi connectivity index (χ0n) is 19.1. The Morgan fingerprint density at radius 2 is 2.00 bits per heavy atom. The molecule has 0 aliphatic carbocycles. The smallest absolute Gasteiger partial charge is 0.274 e. The summed E-state index contributed by atoms with van der Waals surface area (Å²) in [6, 6.07) is 9.67. The SMILES string of the molecule is CC(C)C(=O)NCCN1CCCC1Cn1nc(Cc2ccc(Cl)cc2)c2cnccc2c1=O. The van der Waals surface area contributed by atoms with E-state index in [4.69, 9.17) is 16.7 Å². The fraction of sp³-hybridized carbons (Fsp3) is 0.440. The number of pyridine rings is 1. The van der Waals surface area contributed by atoms with E-state index < -0.39 is 0 Å². The number of amides is 1. The molecule has 33 heavy (non-hydrogen) atoms. The number of carbonyl (C=O) groups excluding carboxylic acids is 1. The van der Waals surface area contributed by atoms with Crippen molar-refractivity contribution in [3.05, 3.63) is 69.4 Å². The van der Waals surface area contributed by atoms with Crippen molar-refractivity contribution >= 4 is 28.3 Å². The molecule has 1 aromatic carbocycles. The number of likely N-dealkylation sites (tertiary alicyclic amines) is 1. The summed E-state index contributed by atoms with van der Waals surface area (Å²) in [6.45, 7) is 6.66. The van der Waals surface area contributed by atoms with Crippen LogP contribution in [0, 0.1) is 5.92 Å². The summed E-state index contributed by atoms with van der Waals surface area (Å²) in [5, 5.41) is 9.88. The van der Waals surface area contributed by atoms with E-state index in [1.54, 1.807) is 23.1 Å². The first-order chi connectivity index (χ1) is 15.9. The van der Waals surface area contributed by atoms with Crippen LogP contribution in [0.15, 0.2) is 47.5 Å². The van der Waals surface area contributed by atoms with Crippen LogP contribution in [0.3, 0.4) is 0 Å². The lowest BCUT2D eigenvalue weighted by atomic mass is 10.1. The summed E-state index contributed by atoms with van der Waals surface area (Å²) in [4.78, 5) is 31.7. The number of hydrogen-bond acceptors (Lipinski definition) is 5. The molecule has 1 aliphatic heterocycles. The molecular formula is C25H30ClN5O2. The lowest BCUT2D eigenvalue weighted by molar-refractivity contribution is -0.124. The largest absolute Gasteiger partial charge is 0.355 e. The summed E-state index contributed by atoms with van der Waals surface area (Å²) in [6.07, 6.45) is 6.05. The van der Waals surface area contributed by atoms with Gasteiger partial charge in [0, 0.05) is 54.3 Å². The molecule has 1 atom stereocenters. The van der Waals surface area contributed by atoms with Crippen LogP contribution < -0.4 is 10.9 Å². The highest BCUT2D eigenvalue weighted by Gasteiger charge is 2.26. The van der Waals surface area contributed by atoms with E-state index in [9.17, 15) is 9.59 Å². The number of rotatable bonds is 8. The van der Waals surface area contributed by atoms with Gasteiger partial charge in [-0.1, -0.05) is 37.6 Å². The van der Waals surface area contributed by atoms with E-state index in [0.29, 0.717) is 29.9 Å². The summed E-state index contributed by atoms with van der Waals surface area (Å²) >= 11 is 6.03. The van der Waals surface area contributed by atoms with Crippen molar-refractivity contribution in [3.63, 3.8) is 0 Å². The number of benzene rings is 1. The van der Waals surface area contributed by atoms with Crippen molar-refractivity contribution in [2.45, 2.75) is 45.7 Å². The van der Waals surface area contributed by atoms with Gasteiger partial charge in [-0.25, -0.2) is 4.68 Å². The first-order valence-corrected chi connectivity index (χ1v) is 11.9. The third-order valence-electron chi connectivity index (χ3n) is 6.23. The van der Waals surface area contributed by atoms with Gasteiger partial charge in [0.1, 0.15) is 0 Å². The predicted octanol–water partition coefficient (Wildman–Crippen LogP) is 3.27. The van der Waals surface area contributed by atoms with Crippen molar-refractivity contribution in [1.29, 1.82) is 0 Å². The second kappa shape index (κ2) is 10.4. The van der Waals surface area contributed by atoms with Gasteiger partial charge in [0.05, 0.1) is 17.6 Å². The Morgan fingerprint density at radius 3 is 2.76 bits per heavy atom. The number of fused-ring (bicyclic) bond motifs is 1. The number of hydrogen-bond donors (Lipinski definition) is 1. The fourth-order valence-corrected chi connectivity index (χ4v) is 4.49. The molecule has 1 N–H and O–H groups in total. The normalized spacial score (nSPS) is 16.5.